The lowest BCUT2D eigenvalue weighted by Crippen LogP contribution is -2.14. The fourth-order valence-electron chi connectivity index (χ4n) is 2.11. The van der Waals surface area contributed by atoms with Gasteiger partial charge in [0.25, 0.3) is 0 Å². The molecule has 0 amide bonds. The standard InChI is InChI=1S/C18H22BrNO/c1-3-10-20-12-16-11-17(8-9-18(16)19)21-13-15-7-5-4-6-14(15)2/h4-9,11,20H,3,10,12-13H2,1-2H3. The van der Waals surface area contributed by atoms with Gasteiger partial charge < -0.3 is 10.1 Å². The molecule has 0 aromatic heterocycles. The second-order valence-corrected chi connectivity index (χ2v) is 6.00. The van der Waals surface area contributed by atoms with E-state index in [2.05, 4.69) is 65.4 Å². The number of hydrogen-bond acceptors (Lipinski definition) is 2. The molecule has 2 rings (SSSR count). The summed E-state index contributed by atoms with van der Waals surface area (Å²) in [5, 5.41) is 3.42. The second kappa shape index (κ2) is 8.20. The van der Waals surface area contributed by atoms with E-state index in [0.29, 0.717) is 6.61 Å². The monoisotopic (exact) mass is 347 g/mol. The first kappa shape index (κ1) is 16.1. The van der Waals surface area contributed by atoms with Gasteiger partial charge in [-0.3, -0.25) is 0 Å². The van der Waals surface area contributed by atoms with Crippen molar-refractivity contribution >= 4 is 15.9 Å². The Morgan fingerprint density at radius 1 is 1.10 bits per heavy atom. The van der Waals surface area contributed by atoms with Gasteiger partial charge in [-0.1, -0.05) is 47.1 Å². The largest absolute Gasteiger partial charge is 0.489 e. The van der Waals surface area contributed by atoms with Crippen molar-refractivity contribution in [2.45, 2.75) is 33.4 Å². The number of halogens is 1. The first-order valence-corrected chi connectivity index (χ1v) is 8.16. The van der Waals surface area contributed by atoms with Crippen LogP contribution in [0.3, 0.4) is 0 Å². The van der Waals surface area contributed by atoms with Crippen LogP contribution >= 0.6 is 15.9 Å². The molecule has 0 heterocycles. The van der Waals surface area contributed by atoms with E-state index in [-0.39, 0.29) is 0 Å². The third kappa shape index (κ3) is 4.87. The number of nitrogens with one attached hydrogen (secondary N) is 1. The van der Waals surface area contributed by atoms with Gasteiger partial charge in [0.1, 0.15) is 12.4 Å². The number of aryl methyl sites for hydroxylation is 1. The zero-order valence-electron chi connectivity index (χ0n) is 12.7. The van der Waals surface area contributed by atoms with Gasteiger partial charge in [0.2, 0.25) is 0 Å². The first-order valence-electron chi connectivity index (χ1n) is 7.37. The summed E-state index contributed by atoms with van der Waals surface area (Å²) in [6.45, 7) is 6.77. The summed E-state index contributed by atoms with van der Waals surface area (Å²) in [5.74, 6) is 0.912. The van der Waals surface area contributed by atoms with E-state index < -0.39 is 0 Å². The zero-order valence-corrected chi connectivity index (χ0v) is 14.2. The number of hydrogen-bond donors (Lipinski definition) is 1. The van der Waals surface area contributed by atoms with E-state index in [1.807, 2.05) is 12.1 Å². The topological polar surface area (TPSA) is 21.3 Å². The van der Waals surface area contributed by atoms with Crippen LogP contribution in [-0.2, 0) is 13.2 Å². The summed E-state index contributed by atoms with van der Waals surface area (Å²) in [6.07, 6.45) is 1.14. The molecule has 2 nitrogen and oxygen atoms in total. The Balaban J connectivity index is 2.00. The minimum atomic E-state index is 0.607. The number of ether oxygens (including phenoxy) is 1. The maximum absolute atomic E-state index is 5.93. The first-order chi connectivity index (χ1) is 10.2. The molecule has 0 saturated heterocycles. The molecule has 3 heteroatoms. The number of rotatable bonds is 7. The fraction of sp³-hybridized carbons (Fsp3) is 0.333. The van der Waals surface area contributed by atoms with E-state index in [0.717, 1.165) is 29.7 Å². The van der Waals surface area contributed by atoms with Gasteiger partial charge >= 0.3 is 0 Å². The Hall–Kier alpha value is -1.32. The highest BCUT2D eigenvalue weighted by molar-refractivity contribution is 9.10. The van der Waals surface area contributed by atoms with Gasteiger partial charge in [0.15, 0.2) is 0 Å². The van der Waals surface area contributed by atoms with Crippen LogP contribution in [0.25, 0.3) is 0 Å². The SMILES string of the molecule is CCCNCc1cc(OCc2ccccc2C)ccc1Br. The highest BCUT2D eigenvalue weighted by Gasteiger charge is 2.04. The normalized spacial score (nSPS) is 10.6. The predicted octanol–water partition coefficient (Wildman–Crippen LogP) is 4.84. The lowest BCUT2D eigenvalue weighted by atomic mass is 10.1. The minimum absolute atomic E-state index is 0.607. The van der Waals surface area contributed by atoms with Gasteiger partial charge in [-0.15, -0.1) is 0 Å². The average molecular weight is 348 g/mol. The Kier molecular flexibility index (Phi) is 6.27. The van der Waals surface area contributed by atoms with E-state index in [1.54, 1.807) is 0 Å². The Morgan fingerprint density at radius 3 is 2.67 bits per heavy atom. The van der Waals surface area contributed by atoms with Crippen LogP contribution in [0.4, 0.5) is 0 Å². The minimum Gasteiger partial charge on any atom is -0.489 e. The molecule has 0 fully saturated rings. The molecule has 112 valence electrons. The van der Waals surface area contributed by atoms with Crippen LogP contribution in [-0.4, -0.2) is 6.54 Å². The molecule has 0 unspecified atom stereocenters. The van der Waals surface area contributed by atoms with E-state index in [9.17, 15) is 0 Å². The molecule has 0 atom stereocenters. The summed E-state index contributed by atoms with van der Waals surface area (Å²) in [6, 6.07) is 14.5. The van der Waals surface area contributed by atoms with Gasteiger partial charge in [0, 0.05) is 11.0 Å². The molecule has 0 aliphatic heterocycles. The van der Waals surface area contributed by atoms with Gasteiger partial charge in [0.05, 0.1) is 0 Å². The smallest absolute Gasteiger partial charge is 0.120 e. The summed E-state index contributed by atoms with van der Waals surface area (Å²) in [5.41, 5.74) is 3.72. The number of benzene rings is 2. The third-order valence-electron chi connectivity index (χ3n) is 3.42. The highest BCUT2D eigenvalue weighted by Crippen LogP contribution is 2.23. The maximum atomic E-state index is 5.93. The molecule has 0 bridgehead atoms. The van der Waals surface area contributed by atoms with Crippen molar-refractivity contribution in [3.8, 4) is 5.75 Å². The zero-order chi connectivity index (χ0) is 15.1. The van der Waals surface area contributed by atoms with Crippen LogP contribution < -0.4 is 10.1 Å². The average Bonchev–Trinajstić information content (AvgIpc) is 2.49. The van der Waals surface area contributed by atoms with Gasteiger partial charge in [-0.05, 0) is 54.8 Å². The molecule has 1 N–H and O–H groups in total. The predicted molar refractivity (Wildman–Crippen MR) is 91.7 cm³/mol. The molecule has 0 spiro atoms. The molecule has 0 radical (unpaired) electrons. The van der Waals surface area contributed by atoms with Crippen LogP contribution in [0.15, 0.2) is 46.9 Å². The molecule has 0 aliphatic carbocycles. The second-order valence-electron chi connectivity index (χ2n) is 5.15. The Morgan fingerprint density at radius 2 is 1.90 bits per heavy atom. The molecule has 2 aromatic rings. The van der Waals surface area contributed by atoms with Crippen LogP contribution in [0.2, 0.25) is 0 Å². The summed E-state index contributed by atoms with van der Waals surface area (Å²) in [4.78, 5) is 0. The van der Waals surface area contributed by atoms with Crippen LogP contribution in [0.5, 0.6) is 5.75 Å². The molecule has 0 saturated carbocycles. The molecular formula is C18H22BrNO. The van der Waals surface area contributed by atoms with Crippen molar-refractivity contribution in [2.75, 3.05) is 6.54 Å². The van der Waals surface area contributed by atoms with Crippen LogP contribution in [0.1, 0.15) is 30.0 Å². The van der Waals surface area contributed by atoms with Gasteiger partial charge in [-0.2, -0.15) is 0 Å². The van der Waals surface area contributed by atoms with Crippen molar-refractivity contribution in [2.24, 2.45) is 0 Å². The quantitative estimate of drug-likeness (QED) is 0.723. The van der Waals surface area contributed by atoms with Crippen molar-refractivity contribution < 1.29 is 4.74 Å². The molecule has 2 aromatic carbocycles. The maximum Gasteiger partial charge on any atom is 0.120 e. The third-order valence-corrected chi connectivity index (χ3v) is 4.19. The van der Waals surface area contributed by atoms with Crippen molar-refractivity contribution in [1.29, 1.82) is 0 Å². The van der Waals surface area contributed by atoms with E-state index >= 15 is 0 Å². The Bertz CT molecular complexity index is 583. The Labute approximate surface area is 135 Å². The van der Waals surface area contributed by atoms with Crippen molar-refractivity contribution in [3.05, 3.63) is 63.6 Å². The summed E-state index contributed by atoms with van der Waals surface area (Å²) in [7, 11) is 0. The molecule has 21 heavy (non-hydrogen) atoms. The van der Waals surface area contributed by atoms with E-state index in [1.165, 1.54) is 16.7 Å². The molecular weight excluding hydrogens is 326 g/mol. The summed E-state index contributed by atoms with van der Waals surface area (Å²) >= 11 is 3.59. The van der Waals surface area contributed by atoms with Crippen molar-refractivity contribution in [3.63, 3.8) is 0 Å². The molecule has 0 aliphatic rings. The van der Waals surface area contributed by atoms with Gasteiger partial charge in [-0.25, -0.2) is 0 Å². The van der Waals surface area contributed by atoms with Crippen molar-refractivity contribution in [1.82, 2.24) is 5.32 Å². The van der Waals surface area contributed by atoms with Crippen LogP contribution in [0, 0.1) is 6.92 Å². The lowest BCUT2D eigenvalue weighted by molar-refractivity contribution is 0.305. The van der Waals surface area contributed by atoms with E-state index in [4.69, 9.17) is 4.74 Å². The summed E-state index contributed by atoms with van der Waals surface area (Å²) < 4.78 is 7.05. The fourth-order valence-corrected chi connectivity index (χ4v) is 2.50. The highest BCUT2D eigenvalue weighted by atomic mass is 79.9. The lowest BCUT2D eigenvalue weighted by Gasteiger charge is -2.11.